The molecule has 0 aromatic heterocycles. The number of esters is 1. The summed E-state index contributed by atoms with van der Waals surface area (Å²) in [6.45, 7) is 3.97. The summed E-state index contributed by atoms with van der Waals surface area (Å²) < 4.78 is 10.5. The highest BCUT2D eigenvalue weighted by Crippen LogP contribution is 2.22. The van der Waals surface area contributed by atoms with Crippen molar-refractivity contribution in [2.45, 2.75) is 26.3 Å². The van der Waals surface area contributed by atoms with Crippen LogP contribution in [-0.2, 0) is 9.53 Å². The van der Waals surface area contributed by atoms with Gasteiger partial charge < -0.3 is 14.8 Å². The molecule has 2 aromatic rings. The standard InChI is InChI=1S/C20H23NO4/c1-14(2)12-18(20(23)24-3)21-19(22)15-8-7-11-17(13-15)25-16-9-5-4-6-10-16/h4-11,13-14,18H,12H2,1-3H3,(H,21,22). The molecular weight excluding hydrogens is 318 g/mol. The van der Waals surface area contributed by atoms with Gasteiger partial charge in [-0.3, -0.25) is 4.79 Å². The van der Waals surface area contributed by atoms with E-state index in [0.29, 0.717) is 23.5 Å². The van der Waals surface area contributed by atoms with Crippen molar-refractivity contribution in [3.8, 4) is 11.5 Å². The van der Waals surface area contributed by atoms with Crippen molar-refractivity contribution in [2.75, 3.05) is 7.11 Å². The first-order valence-corrected chi connectivity index (χ1v) is 8.21. The fourth-order valence-corrected chi connectivity index (χ4v) is 2.39. The Morgan fingerprint density at radius 3 is 2.32 bits per heavy atom. The highest BCUT2D eigenvalue weighted by molar-refractivity contribution is 5.97. The lowest BCUT2D eigenvalue weighted by Gasteiger charge is -2.18. The van der Waals surface area contributed by atoms with Crippen LogP contribution < -0.4 is 10.1 Å². The molecule has 0 aliphatic heterocycles. The second kappa shape index (κ2) is 8.87. The summed E-state index contributed by atoms with van der Waals surface area (Å²) in [5, 5.41) is 2.74. The number of carbonyl (C=O) groups excluding carboxylic acids is 2. The van der Waals surface area contributed by atoms with Crippen LogP contribution in [0.5, 0.6) is 11.5 Å². The zero-order valence-electron chi connectivity index (χ0n) is 14.7. The molecular formula is C20H23NO4. The lowest BCUT2D eigenvalue weighted by Crippen LogP contribution is -2.42. The molecule has 2 rings (SSSR count). The molecule has 0 saturated carbocycles. The van der Waals surface area contributed by atoms with E-state index in [1.54, 1.807) is 24.3 Å². The monoisotopic (exact) mass is 341 g/mol. The molecule has 0 fully saturated rings. The molecule has 5 heteroatoms. The topological polar surface area (TPSA) is 64.6 Å². The summed E-state index contributed by atoms with van der Waals surface area (Å²) in [6, 6.07) is 15.5. The van der Waals surface area contributed by atoms with Gasteiger partial charge in [-0.15, -0.1) is 0 Å². The van der Waals surface area contributed by atoms with Gasteiger partial charge in [0.15, 0.2) is 0 Å². The molecule has 25 heavy (non-hydrogen) atoms. The van der Waals surface area contributed by atoms with Crippen molar-refractivity contribution in [1.29, 1.82) is 0 Å². The number of hydrogen-bond donors (Lipinski definition) is 1. The fourth-order valence-electron chi connectivity index (χ4n) is 2.39. The Labute approximate surface area is 148 Å². The average molecular weight is 341 g/mol. The number of methoxy groups -OCH3 is 1. The van der Waals surface area contributed by atoms with Crippen LogP contribution in [0.4, 0.5) is 0 Å². The van der Waals surface area contributed by atoms with E-state index in [4.69, 9.17) is 9.47 Å². The van der Waals surface area contributed by atoms with E-state index in [1.807, 2.05) is 44.2 Å². The van der Waals surface area contributed by atoms with E-state index in [9.17, 15) is 9.59 Å². The number of para-hydroxylation sites is 1. The second-order valence-corrected chi connectivity index (χ2v) is 6.12. The summed E-state index contributed by atoms with van der Waals surface area (Å²) in [7, 11) is 1.32. The van der Waals surface area contributed by atoms with Crippen LogP contribution in [0.25, 0.3) is 0 Å². The van der Waals surface area contributed by atoms with Crippen LogP contribution >= 0.6 is 0 Å². The first kappa shape index (κ1) is 18.5. The molecule has 0 heterocycles. The van der Waals surface area contributed by atoms with Gasteiger partial charge in [-0.2, -0.15) is 0 Å². The lowest BCUT2D eigenvalue weighted by molar-refractivity contribution is -0.143. The molecule has 1 atom stereocenters. The summed E-state index contributed by atoms with van der Waals surface area (Å²) in [5.41, 5.74) is 0.422. The summed E-state index contributed by atoms with van der Waals surface area (Å²) in [5.74, 6) is 0.704. The van der Waals surface area contributed by atoms with Crippen molar-refractivity contribution in [2.24, 2.45) is 5.92 Å². The maximum absolute atomic E-state index is 12.5. The Morgan fingerprint density at radius 2 is 1.68 bits per heavy atom. The van der Waals surface area contributed by atoms with E-state index in [2.05, 4.69) is 5.32 Å². The minimum atomic E-state index is -0.670. The van der Waals surface area contributed by atoms with Crippen molar-refractivity contribution < 1.29 is 19.1 Å². The van der Waals surface area contributed by atoms with Gasteiger partial charge in [0.2, 0.25) is 0 Å². The van der Waals surface area contributed by atoms with Gasteiger partial charge in [0.1, 0.15) is 17.5 Å². The summed E-state index contributed by atoms with van der Waals surface area (Å²) in [4.78, 5) is 24.3. The number of hydrogen-bond acceptors (Lipinski definition) is 4. The highest BCUT2D eigenvalue weighted by atomic mass is 16.5. The molecule has 2 aromatic carbocycles. The zero-order valence-corrected chi connectivity index (χ0v) is 14.7. The quantitative estimate of drug-likeness (QED) is 0.778. The fraction of sp³-hybridized carbons (Fsp3) is 0.300. The Balaban J connectivity index is 2.10. The Bertz CT molecular complexity index is 713. The SMILES string of the molecule is COC(=O)C(CC(C)C)NC(=O)c1cccc(Oc2ccccc2)c1. The minimum absolute atomic E-state index is 0.247. The van der Waals surface area contributed by atoms with E-state index in [0.717, 1.165) is 0 Å². The van der Waals surface area contributed by atoms with Gasteiger partial charge in [-0.25, -0.2) is 4.79 Å². The van der Waals surface area contributed by atoms with E-state index < -0.39 is 12.0 Å². The van der Waals surface area contributed by atoms with E-state index in [-0.39, 0.29) is 11.8 Å². The van der Waals surface area contributed by atoms with E-state index in [1.165, 1.54) is 7.11 Å². The van der Waals surface area contributed by atoms with Crippen LogP contribution in [0, 0.1) is 5.92 Å². The molecule has 5 nitrogen and oxygen atoms in total. The zero-order chi connectivity index (χ0) is 18.2. The number of ether oxygens (including phenoxy) is 2. The summed E-state index contributed by atoms with van der Waals surface area (Å²) >= 11 is 0. The smallest absolute Gasteiger partial charge is 0.328 e. The van der Waals surface area contributed by atoms with Crippen molar-refractivity contribution >= 4 is 11.9 Å². The molecule has 1 amide bonds. The van der Waals surface area contributed by atoms with Gasteiger partial charge in [0.25, 0.3) is 5.91 Å². The third-order valence-corrected chi connectivity index (χ3v) is 3.57. The molecule has 0 aliphatic carbocycles. The third kappa shape index (κ3) is 5.64. The Kier molecular flexibility index (Phi) is 6.57. The van der Waals surface area contributed by atoms with E-state index >= 15 is 0 Å². The van der Waals surface area contributed by atoms with Gasteiger partial charge >= 0.3 is 5.97 Å². The van der Waals surface area contributed by atoms with Gasteiger partial charge in [0.05, 0.1) is 7.11 Å². The molecule has 0 bridgehead atoms. The number of nitrogens with one attached hydrogen (secondary N) is 1. The molecule has 0 saturated heterocycles. The first-order chi connectivity index (χ1) is 12.0. The van der Waals surface area contributed by atoms with Crippen LogP contribution in [0.2, 0.25) is 0 Å². The second-order valence-electron chi connectivity index (χ2n) is 6.12. The third-order valence-electron chi connectivity index (χ3n) is 3.57. The van der Waals surface area contributed by atoms with Crippen LogP contribution in [-0.4, -0.2) is 25.0 Å². The van der Waals surface area contributed by atoms with Crippen molar-refractivity contribution in [3.05, 3.63) is 60.2 Å². The van der Waals surface area contributed by atoms with Crippen LogP contribution in [0.15, 0.2) is 54.6 Å². The Morgan fingerprint density at radius 1 is 1.00 bits per heavy atom. The normalized spacial score (nSPS) is 11.7. The maximum atomic E-state index is 12.5. The Hall–Kier alpha value is -2.82. The first-order valence-electron chi connectivity index (χ1n) is 8.21. The van der Waals surface area contributed by atoms with Gasteiger partial charge in [-0.1, -0.05) is 38.1 Å². The highest BCUT2D eigenvalue weighted by Gasteiger charge is 2.23. The average Bonchev–Trinajstić information content (AvgIpc) is 2.61. The van der Waals surface area contributed by atoms with Gasteiger partial charge in [-0.05, 0) is 42.7 Å². The number of carbonyl (C=O) groups is 2. The lowest BCUT2D eigenvalue weighted by atomic mass is 10.0. The predicted molar refractivity (Wildman–Crippen MR) is 95.7 cm³/mol. The minimum Gasteiger partial charge on any atom is -0.467 e. The molecule has 0 aliphatic rings. The molecule has 1 unspecified atom stereocenters. The predicted octanol–water partition coefficient (Wildman–Crippen LogP) is 3.80. The number of amides is 1. The van der Waals surface area contributed by atoms with Gasteiger partial charge in [0, 0.05) is 5.56 Å². The van der Waals surface area contributed by atoms with Crippen LogP contribution in [0.1, 0.15) is 30.6 Å². The molecule has 0 spiro atoms. The largest absolute Gasteiger partial charge is 0.467 e. The van der Waals surface area contributed by atoms with Crippen LogP contribution in [0.3, 0.4) is 0 Å². The number of rotatable bonds is 7. The van der Waals surface area contributed by atoms with Crippen molar-refractivity contribution in [1.82, 2.24) is 5.32 Å². The molecule has 132 valence electrons. The molecule has 0 radical (unpaired) electrons. The molecule has 1 N–H and O–H groups in total. The van der Waals surface area contributed by atoms with Crippen molar-refractivity contribution in [3.63, 3.8) is 0 Å². The summed E-state index contributed by atoms with van der Waals surface area (Å²) in [6.07, 6.45) is 0.513. The number of benzene rings is 2. The maximum Gasteiger partial charge on any atom is 0.328 e.